The molecule has 1 aliphatic carbocycles. The number of hydrogen-bond acceptors (Lipinski definition) is 2. The molecule has 144 valence electrons. The quantitative estimate of drug-likeness (QED) is 0.609. The second-order valence-electron chi connectivity index (χ2n) is 7.58. The van der Waals surface area contributed by atoms with Gasteiger partial charge in [-0.2, -0.15) is 0 Å². The summed E-state index contributed by atoms with van der Waals surface area (Å²) in [4.78, 5) is 24.8. The van der Waals surface area contributed by atoms with Crippen LogP contribution < -0.4 is 5.32 Å². The Labute approximate surface area is 164 Å². The van der Waals surface area contributed by atoms with Gasteiger partial charge < -0.3 is 10.4 Å². The van der Waals surface area contributed by atoms with E-state index >= 15 is 0 Å². The van der Waals surface area contributed by atoms with Gasteiger partial charge in [0.2, 0.25) is 5.91 Å². The number of hydrogen-bond donors (Lipinski definition) is 2. The molecular weight excluding hydrogens is 394 g/mol. The SMILES string of the molecule is CCC(C)CC(NC(=O)C(c1cccc(Br)c1)C1CCCCC1)C(=O)O. The maximum atomic E-state index is 13.1. The van der Waals surface area contributed by atoms with E-state index in [1.807, 2.05) is 38.1 Å². The first-order valence-electron chi connectivity index (χ1n) is 9.71. The van der Waals surface area contributed by atoms with Crippen molar-refractivity contribution in [1.82, 2.24) is 5.32 Å². The third kappa shape index (κ3) is 5.83. The Morgan fingerprint density at radius 2 is 1.96 bits per heavy atom. The van der Waals surface area contributed by atoms with Gasteiger partial charge in [0, 0.05) is 4.47 Å². The number of carboxylic acids is 1. The molecule has 2 rings (SSSR count). The van der Waals surface area contributed by atoms with Crippen molar-refractivity contribution in [2.45, 2.75) is 70.8 Å². The van der Waals surface area contributed by atoms with Crippen LogP contribution in [0.2, 0.25) is 0 Å². The number of carbonyl (C=O) groups is 2. The Morgan fingerprint density at radius 3 is 2.54 bits per heavy atom. The highest BCUT2D eigenvalue weighted by molar-refractivity contribution is 9.10. The maximum absolute atomic E-state index is 13.1. The van der Waals surface area contributed by atoms with Crippen molar-refractivity contribution < 1.29 is 14.7 Å². The van der Waals surface area contributed by atoms with E-state index in [0.717, 1.165) is 42.1 Å². The summed E-state index contributed by atoms with van der Waals surface area (Å²) in [5.74, 6) is -0.848. The van der Waals surface area contributed by atoms with Gasteiger partial charge in [0.15, 0.2) is 0 Å². The Hall–Kier alpha value is -1.36. The van der Waals surface area contributed by atoms with Crippen LogP contribution >= 0.6 is 15.9 Å². The molecule has 3 unspecified atom stereocenters. The lowest BCUT2D eigenvalue weighted by Gasteiger charge is -2.31. The fraction of sp³-hybridized carbons (Fsp3) is 0.619. The minimum atomic E-state index is -0.949. The van der Waals surface area contributed by atoms with Gasteiger partial charge in [0.1, 0.15) is 6.04 Å². The van der Waals surface area contributed by atoms with Gasteiger partial charge in [-0.25, -0.2) is 4.79 Å². The van der Waals surface area contributed by atoms with Crippen LogP contribution in [-0.2, 0) is 9.59 Å². The lowest BCUT2D eigenvalue weighted by molar-refractivity contribution is -0.142. The number of carboxylic acid groups (broad SMARTS) is 1. The molecule has 2 N–H and O–H groups in total. The van der Waals surface area contributed by atoms with Crippen molar-refractivity contribution in [3.05, 3.63) is 34.3 Å². The van der Waals surface area contributed by atoms with Crippen LogP contribution in [0.4, 0.5) is 0 Å². The van der Waals surface area contributed by atoms with Crippen molar-refractivity contribution in [1.29, 1.82) is 0 Å². The van der Waals surface area contributed by atoms with E-state index in [0.29, 0.717) is 6.42 Å². The van der Waals surface area contributed by atoms with E-state index in [2.05, 4.69) is 21.2 Å². The van der Waals surface area contributed by atoms with E-state index in [9.17, 15) is 14.7 Å². The largest absolute Gasteiger partial charge is 0.480 e. The first kappa shape index (κ1) is 20.9. The topological polar surface area (TPSA) is 66.4 Å². The second-order valence-corrected chi connectivity index (χ2v) is 8.49. The van der Waals surface area contributed by atoms with Crippen molar-refractivity contribution in [2.75, 3.05) is 0 Å². The number of halogens is 1. The Kier molecular flexibility index (Phi) is 8.14. The van der Waals surface area contributed by atoms with Crippen LogP contribution in [0, 0.1) is 11.8 Å². The van der Waals surface area contributed by atoms with E-state index in [4.69, 9.17) is 0 Å². The number of benzene rings is 1. The predicted octanol–water partition coefficient (Wildman–Crippen LogP) is 5.12. The van der Waals surface area contributed by atoms with Crippen LogP contribution in [-0.4, -0.2) is 23.0 Å². The van der Waals surface area contributed by atoms with Gasteiger partial charge >= 0.3 is 5.97 Å². The number of amides is 1. The summed E-state index contributed by atoms with van der Waals surface area (Å²) in [6, 6.07) is 7.03. The molecule has 0 aliphatic heterocycles. The lowest BCUT2D eigenvalue weighted by Crippen LogP contribution is -2.45. The standard InChI is InChI=1S/C21H30BrNO3/c1-3-14(2)12-18(21(25)26)23-20(24)19(15-8-5-4-6-9-15)16-10-7-11-17(22)13-16/h7,10-11,13-15,18-19H,3-6,8-9,12H2,1-2H3,(H,23,24)(H,25,26). The molecule has 1 aliphatic rings. The zero-order valence-corrected chi connectivity index (χ0v) is 17.3. The molecule has 0 spiro atoms. The van der Waals surface area contributed by atoms with Gasteiger partial charge in [0.05, 0.1) is 5.92 Å². The number of carbonyl (C=O) groups excluding carboxylic acids is 1. The molecule has 5 heteroatoms. The van der Waals surface area contributed by atoms with Crippen molar-refractivity contribution in [2.24, 2.45) is 11.8 Å². The normalized spacial score (nSPS) is 18.7. The molecule has 1 aromatic carbocycles. The average molecular weight is 424 g/mol. The highest BCUT2D eigenvalue weighted by Crippen LogP contribution is 2.37. The van der Waals surface area contributed by atoms with E-state index in [1.54, 1.807) is 0 Å². The predicted molar refractivity (Wildman–Crippen MR) is 107 cm³/mol. The first-order chi connectivity index (χ1) is 12.4. The van der Waals surface area contributed by atoms with Crippen molar-refractivity contribution in [3.63, 3.8) is 0 Å². The molecule has 0 heterocycles. The van der Waals surface area contributed by atoms with Gasteiger partial charge in [-0.3, -0.25) is 4.79 Å². The zero-order valence-electron chi connectivity index (χ0n) is 15.7. The Bertz CT molecular complexity index is 613. The smallest absolute Gasteiger partial charge is 0.326 e. The van der Waals surface area contributed by atoms with Crippen LogP contribution in [0.1, 0.15) is 70.3 Å². The summed E-state index contributed by atoms with van der Waals surface area (Å²) in [6.45, 7) is 4.06. The Balaban J connectivity index is 2.22. The highest BCUT2D eigenvalue weighted by atomic mass is 79.9. The summed E-state index contributed by atoms with van der Waals surface area (Å²) >= 11 is 3.49. The molecule has 26 heavy (non-hydrogen) atoms. The summed E-state index contributed by atoms with van der Waals surface area (Å²) in [7, 11) is 0. The molecule has 1 fully saturated rings. The molecule has 1 amide bonds. The number of nitrogens with one attached hydrogen (secondary N) is 1. The highest BCUT2D eigenvalue weighted by Gasteiger charge is 2.33. The molecule has 1 saturated carbocycles. The van der Waals surface area contributed by atoms with Gasteiger partial charge in [0.25, 0.3) is 0 Å². The third-order valence-corrected chi connectivity index (χ3v) is 6.05. The van der Waals surface area contributed by atoms with E-state index in [1.165, 1.54) is 6.42 Å². The molecule has 0 radical (unpaired) electrons. The minimum Gasteiger partial charge on any atom is -0.480 e. The molecule has 0 bridgehead atoms. The molecule has 3 atom stereocenters. The maximum Gasteiger partial charge on any atom is 0.326 e. The third-order valence-electron chi connectivity index (χ3n) is 5.56. The van der Waals surface area contributed by atoms with E-state index < -0.39 is 12.0 Å². The molecule has 4 nitrogen and oxygen atoms in total. The summed E-state index contributed by atoms with van der Waals surface area (Å²) in [5, 5.41) is 12.4. The van der Waals surface area contributed by atoms with Crippen LogP contribution in [0.25, 0.3) is 0 Å². The molecule has 1 aromatic rings. The lowest BCUT2D eigenvalue weighted by atomic mass is 9.76. The summed E-state index contributed by atoms with van der Waals surface area (Å²) in [6.07, 6.45) is 6.90. The van der Waals surface area contributed by atoms with Crippen molar-refractivity contribution in [3.8, 4) is 0 Å². The van der Waals surface area contributed by atoms with E-state index in [-0.39, 0.29) is 23.7 Å². The molecule has 0 aromatic heterocycles. The van der Waals surface area contributed by atoms with Crippen LogP contribution in [0.3, 0.4) is 0 Å². The molecule has 0 saturated heterocycles. The summed E-state index contributed by atoms with van der Waals surface area (Å²) < 4.78 is 0.943. The minimum absolute atomic E-state index is 0.147. The zero-order chi connectivity index (χ0) is 19.1. The van der Waals surface area contributed by atoms with Crippen LogP contribution in [0.15, 0.2) is 28.7 Å². The first-order valence-corrected chi connectivity index (χ1v) is 10.5. The second kappa shape index (κ2) is 10.1. The van der Waals surface area contributed by atoms with Crippen LogP contribution in [0.5, 0.6) is 0 Å². The molecular formula is C21H30BrNO3. The van der Waals surface area contributed by atoms with Gasteiger partial charge in [-0.05, 0) is 48.8 Å². The monoisotopic (exact) mass is 423 g/mol. The summed E-state index contributed by atoms with van der Waals surface area (Å²) in [5.41, 5.74) is 0.969. The Morgan fingerprint density at radius 1 is 1.27 bits per heavy atom. The van der Waals surface area contributed by atoms with Gasteiger partial charge in [-0.15, -0.1) is 0 Å². The fourth-order valence-corrected chi connectivity index (χ4v) is 4.27. The fourth-order valence-electron chi connectivity index (χ4n) is 3.86. The number of rotatable bonds is 8. The average Bonchev–Trinajstić information content (AvgIpc) is 2.62. The number of aliphatic carboxylic acids is 1. The van der Waals surface area contributed by atoms with Gasteiger partial charge in [-0.1, -0.05) is 67.6 Å². The van der Waals surface area contributed by atoms with Crippen molar-refractivity contribution >= 4 is 27.8 Å².